The van der Waals surface area contributed by atoms with Crippen molar-refractivity contribution >= 4 is 17.9 Å². The van der Waals surface area contributed by atoms with E-state index < -0.39 is 18.1 Å². The molecule has 0 aromatic heterocycles. The lowest BCUT2D eigenvalue weighted by atomic mass is 10.1. The molecule has 0 bridgehead atoms. The van der Waals surface area contributed by atoms with Gasteiger partial charge in [-0.15, -0.1) is 0 Å². The minimum Gasteiger partial charge on any atom is -0.477 e. The normalized spacial score (nSPS) is 13.7. The molecule has 1 N–H and O–H groups in total. The molecular weight excluding hydrogens is 799 g/mol. The van der Waals surface area contributed by atoms with E-state index in [1.165, 1.54) is 70.6 Å². The first-order chi connectivity index (χ1) is 31.1. The highest BCUT2D eigenvalue weighted by Crippen LogP contribution is 2.14. The minimum atomic E-state index is -0.883. The highest BCUT2D eigenvalue weighted by molar-refractivity contribution is 5.72. The molecule has 0 saturated heterocycles. The van der Waals surface area contributed by atoms with Crippen LogP contribution in [-0.4, -0.2) is 80.6 Å². The van der Waals surface area contributed by atoms with Crippen molar-refractivity contribution in [2.24, 2.45) is 0 Å². The Hall–Kier alpha value is -3.75. The number of esters is 2. The Morgan fingerprint density at radius 2 is 0.922 bits per heavy atom. The summed E-state index contributed by atoms with van der Waals surface area (Å²) in [6, 6.07) is -0.626. The molecule has 0 heterocycles. The van der Waals surface area contributed by atoms with Gasteiger partial charge in [-0.25, -0.2) is 4.79 Å². The molecule has 0 saturated carbocycles. The molecule has 2 unspecified atom stereocenters. The van der Waals surface area contributed by atoms with E-state index in [4.69, 9.17) is 14.2 Å². The highest BCUT2D eigenvalue weighted by atomic mass is 16.6. The second-order valence-electron chi connectivity index (χ2n) is 17.8. The van der Waals surface area contributed by atoms with E-state index in [-0.39, 0.29) is 36.2 Å². The smallest absolute Gasteiger partial charge is 0.362 e. The van der Waals surface area contributed by atoms with E-state index in [9.17, 15) is 19.5 Å². The molecule has 0 rings (SSSR count). The molecular formula is C56H94NO7+. The number of nitrogens with zero attached hydrogens (tertiary/aromatic N) is 1. The first kappa shape index (κ1) is 60.2. The molecule has 364 valence electrons. The summed E-state index contributed by atoms with van der Waals surface area (Å²) < 4.78 is 17.3. The van der Waals surface area contributed by atoms with Crippen molar-refractivity contribution in [2.45, 2.75) is 199 Å². The molecule has 0 aliphatic rings. The Labute approximate surface area is 392 Å². The first-order valence-electron chi connectivity index (χ1n) is 25.3. The van der Waals surface area contributed by atoms with Gasteiger partial charge in [0, 0.05) is 19.3 Å². The fourth-order valence-electron chi connectivity index (χ4n) is 6.89. The number of rotatable bonds is 44. The van der Waals surface area contributed by atoms with Gasteiger partial charge in [-0.2, -0.15) is 0 Å². The van der Waals surface area contributed by atoms with E-state index in [1.54, 1.807) is 0 Å². The van der Waals surface area contributed by atoms with Crippen molar-refractivity contribution in [1.82, 2.24) is 0 Å². The number of carbonyl (C=O) groups is 3. The number of likely N-dealkylation sites (N-methyl/N-ethyl adjacent to an activating group) is 1. The largest absolute Gasteiger partial charge is 0.477 e. The lowest BCUT2D eigenvalue weighted by molar-refractivity contribution is -0.887. The van der Waals surface area contributed by atoms with Gasteiger partial charge in [-0.1, -0.05) is 195 Å². The monoisotopic (exact) mass is 893 g/mol. The second kappa shape index (κ2) is 45.8. The van der Waals surface area contributed by atoms with Crippen molar-refractivity contribution in [3.8, 4) is 0 Å². The maximum absolute atomic E-state index is 12.8. The summed E-state index contributed by atoms with van der Waals surface area (Å²) in [5.74, 6) is -1.51. The number of carboxylic acids is 1. The summed E-state index contributed by atoms with van der Waals surface area (Å²) in [5, 5.41) is 9.65. The Kier molecular flexibility index (Phi) is 43.1. The highest BCUT2D eigenvalue weighted by Gasteiger charge is 2.31. The Morgan fingerprint density at radius 1 is 0.484 bits per heavy atom. The second-order valence-corrected chi connectivity index (χ2v) is 17.8. The van der Waals surface area contributed by atoms with E-state index in [0.717, 1.165) is 83.5 Å². The predicted octanol–water partition coefficient (Wildman–Crippen LogP) is 14.6. The molecule has 0 radical (unpaired) electrons. The van der Waals surface area contributed by atoms with Crippen molar-refractivity contribution in [1.29, 1.82) is 0 Å². The van der Waals surface area contributed by atoms with E-state index in [2.05, 4.69) is 74.6 Å². The summed E-state index contributed by atoms with van der Waals surface area (Å²) in [7, 11) is 5.51. The third kappa shape index (κ3) is 43.5. The zero-order valence-electron chi connectivity index (χ0n) is 41.4. The predicted molar refractivity (Wildman–Crippen MR) is 270 cm³/mol. The van der Waals surface area contributed by atoms with E-state index in [1.807, 2.05) is 57.6 Å². The van der Waals surface area contributed by atoms with Gasteiger partial charge in [-0.05, 0) is 70.6 Å². The van der Waals surface area contributed by atoms with Crippen molar-refractivity contribution in [2.75, 3.05) is 41.0 Å². The van der Waals surface area contributed by atoms with E-state index in [0.29, 0.717) is 19.3 Å². The number of carbonyl (C=O) groups excluding carboxylic acids is 2. The van der Waals surface area contributed by atoms with Crippen molar-refractivity contribution in [3.05, 3.63) is 97.2 Å². The van der Waals surface area contributed by atoms with Crippen molar-refractivity contribution in [3.63, 3.8) is 0 Å². The van der Waals surface area contributed by atoms with Crippen LogP contribution in [0.4, 0.5) is 0 Å². The number of quaternary nitrogens is 1. The van der Waals surface area contributed by atoms with Crippen LogP contribution < -0.4 is 0 Å². The van der Waals surface area contributed by atoms with Crippen LogP contribution in [0.5, 0.6) is 0 Å². The van der Waals surface area contributed by atoms with Crippen LogP contribution in [0.1, 0.15) is 187 Å². The SMILES string of the molecule is CCC/C=C/C=C/C=C/C=C/C=C/CCCCCCCC(=O)OCC(COCCC(C(=O)O)[N+](C)(C)C)OC(=O)CCCCCCCCCCC/C=C/C/C=C/C/C=C/CCCCC. The fourth-order valence-corrected chi connectivity index (χ4v) is 6.89. The van der Waals surface area contributed by atoms with Gasteiger partial charge < -0.3 is 23.8 Å². The quantitative estimate of drug-likeness (QED) is 0.0214. The van der Waals surface area contributed by atoms with Gasteiger partial charge in [0.1, 0.15) is 6.61 Å². The molecule has 0 aromatic rings. The topological polar surface area (TPSA) is 99.1 Å². The molecule has 8 nitrogen and oxygen atoms in total. The maximum Gasteiger partial charge on any atom is 0.362 e. The molecule has 0 aromatic carbocycles. The number of hydrogen-bond donors (Lipinski definition) is 1. The molecule has 0 aliphatic carbocycles. The van der Waals surface area contributed by atoms with Crippen LogP contribution in [0, 0.1) is 0 Å². The van der Waals surface area contributed by atoms with Gasteiger partial charge in [0.25, 0.3) is 0 Å². The van der Waals surface area contributed by atoms with Crippen LogP contribution in [-0.2, 0) is 28.6 Å². The number of aliphatic carboxylic acids is 1. The first-order valence-corrected chi connectivity index (χ1v) is 25.3. The van der Waals surface area contributed by atoms with Crippen LogP contribution in [0.3, 0.4) is 0 Å². The number of ether oxygens (including phenoxy) is 3. The summed E-state index contributed by atoms with van der Waals surface area (Å²) in [6.45, 7) is 4.58. The van der Waals surface area contributed by atoms with Gasteiger partial charge in [0.2, 0.25) is 0 Å². The van der Waals surface area contributed by atoms with Gasteiger partial charge in [0.05, 0.1) is 34.4 Å². The minimum absolute atomic E-state index is 0.0444. The Morgan fingerprint density at radius 3 is 1.42 bits per heavy atom. The third-order valence-corrected chi connectivity index (χ3v) is 10.8. The molecule has 0 spiro atoms. The fraction of sp³-hybridized carbons (Fsp3) is 0.661. The summed E-state index contributed by atoms with van der Waals surface area (Å²) in [4.78, 5) is 37.2. The van der Waals surface area contributed by atoms with Gasteiger partial charge in [0.15, 0.2) is 12.1 Å². The average molecular weight is 893 g/mol. The van der Waals surface area contributed by atoms with Gasteiger partial charge >= 0.3 is 17.9 Å². The zero-order chi connectivity index (χ0) is 47.0. The van der Waals surface area contributed by atoms with Crippen LogP contribution in [0.2, 0.25) is 0 Å². The van der Waals surface area contributed by atoms with Crippen LogP contribution in [0.25, 0.3) is 0 Å². The van der Waals surface area contributed by atoms with Crippen LogP contribution in [0.15, 0.2) is 97.2 Å². The number of hydrogen-bond acceptors (Lipinski definition) is 6. The third-order valence-electron chi connectivity index (χ3n) is 10.8. The van der Waals surface area contributed by atoms with E-state index >= 15 is 0 Å². The van der Waals surface area contributed by atoms with Crippen LogP contribution >= 0.6 is 0 Å². The van der Waals surface area contributed by atoms with Crippen molar-refractivity contribution < 1.29 is 38.2 Å². The molecule has 0 fully saturated rings. The molecule has 0 aliphatic heterocycles. The summed E-state index contributed by atoms with van der Waals surface area (Å²) in [6.07, 6.45) is 61.6. The Balaban J connectivity index is 4.34. The lowest BCUT2D eigenvalue weighted by Gasteiger charge is -2.31. The molecule has 64 heavy (non-hydrogen) atoms. The molecule has 0 amide bonds. The zero-order valence-corrected chi connectivity index (χ0v) is 41.4. The van der Waals surface area contributed by atoms with Gasteiger partial charge in [-0.3, -0.25) is 9.59 Å². The number of allylic oxidation sites excluding steroid dienone is 16. The molecule has 8 heteroatoms. The number of carboxylic acid groups (broad SMARTS) is 1. The average Bonchev–Trinajstić information content (AvgIpc) is 3.26. The number of unbranched alkanes of at least 4 members (excludes halogenated alkanes) is 18. The Bertz CT molecular complexity index is 1360. The summed E-state index contributed by atoms with van der Waals surface area (Å²) in [5.41, 5.74) is 0. The summed E-state index contributed by atoms with van der Waals surface area (Å²) >= 11 is 0. The maximum atomic E-state index is 12.8. The lowest BCUT2D eigenvalue weighted by Crippen LogP contribution is -2.50. The molecule has 2 atom stereocenters. The standard InChI is InChI=1S/C56H93NO7/c1-6-8-10-12-14-16-18-20-22-24-26-27-28-29-31-33-35-37-39-41-43-45-47-55(59)64-52(50-62-49-48-53(56(60)61)57(3,4)5)51-63-54(58)46-44-42-40-38-36-34-32-30-25-23-21-19-17-15-13-11-9-7-2/h11,13-17,19-23,25-27,30,32,52-53H,6-10,12,18,24,28-29,31,33-51H2,1-5H3/p+1/b13-11+,16-14+,17-15+,21-19+,22-20+,25-23+,27-26+,32-30+.